The second kappa shape index (κ2) is 6.37. The second-order valence-electron chi connectivity index (χ2n) is 6.52. The molecule has 1 aromatic rings. The van der Waals surface area contributed by atoms with Crippen molar-refractivity contribution in [2.45, 2.75) is 32.9 Å². The van der Waals surface area contributed by atoms with Gasteiger partial charge in [0.25, 0.3) is 0 Å². The molecule has 0 spiro atoms. The molecule has 0 saturated carbocycles. The number of hydrogen-bond donors (Lipinski definition) is 1. The second-order valence-corrected chi connectivity index (χ2v) is 8.50. The highest BCUT2D eigenvalue weighted by molar-refractivity contribution is 7.88. The van der Waals surface area contributed by atoms with E-state index < -0.39 is 15.6 Å². The molecule has 0 aliphatic carbocycles. The molecular weight excluding hydrogens is 320 g/mol. The molecule has 1 aliphatic rings. The number of hydrogen-bond acceptors (Lipinski definition) is 5. The van der Waals surface area contributed by atoms with Crippen molar-refractivity contribution >= 4 is 15.9 Å². The minimum absolute atomic E-state index is 0.0903. The number of sulfonamides is 1. The van der Waals surface area contributed by atoms with Crippen LogP contribution in [0, 0.1) is 0 Å². The molecule has 7 nitrogen and oxygen atoms in total. The Hall–Kier alpha value is -1.80. The van der Waals surface area contributed by atoms with Crippen molar-refractivity contribution in [2.24, 2.45) is 0 Å². The number of carbonyl (C=O) groups excluding carboxylic acids is 1. The van der Waals surface area contributed by atoms with Crippen molar-refractivity contribution in [2.75, 3.05) is 19.6 Å². The number of nitrogens with one attached hydrogen (secondary N) is 1. The fraction of sp³-hybridized carbons (Fsp3) is 0.533. The monoisotopic (exact) mass is 342 g/mol. The molecule has 1 amide bonds. The van der Waals surface area contributed by atoms with Gasteiger partial charge in [-0.25, -0.2) is 8.42 Å². The van der Waals surface area contributed by atoms with E-state index in [-0.39, 0.29) is 25.8 Å². The normalized spacial score (nSPS) is 14.1. The average molecular weight is 342 g/mol. The molecular formula is C15H22N2O5S. The van der Waals surface area contributed by atoms with Gasteiger partial charge in [0.15, 0.2) is 11.5 Å². The van der Waals surface area contributed by atoms with Crippen LogP contribution in [-0.2, 0) is 21.4 Å². The zero-order valence-corrected chi connectivity index (χ0v) is 14.6. The van der Waals surface area contributed by atoms with Gasteiger partial charge in [-0.05, 0) is 38.5 Å². The minimum atomic E-state index is -3.53. The van der Waals surface area contributed by atoms with E-state index in [1.807, 2.05) is 20.8 Å². The van der Waals surface area contributed by atoms with Crippen LogP contribution >= 0.6 is 0 Å². The van der Waals surface area contributed by atoms with Gasteiger partial charge in [0.1, 0.15) is 0 Å². The topological polar surface area (TPSA) is 84.9 Å². The third-order valence-electron chi connectivity index (χ3n) is 3.10. The van der Waals surface area contributed by atoms with Crippen molar-refractivity contribution in [3.63, 3.8) is 0 Å². The summed E-state index contributed by atoms with van der Waals surface area (Å²) in [5, 5.41) is 2.76. The van der Waals surface area contributed by atoms with Crippen LogP contribution in [0.15, 0.2) is 18.2 Å². The lowest BCUT2D eigenvalue weighted by molar-refractivity contribution is -0.122. The summed E-state index contributed by atoms with van der Waals surface area (Å²) in [6.07, 6.45) is 1.09. The van der Waals surface area contributed by atoms with Crippen molar-refractivity contribution < 1.29 is 22.7 Å². The van der Waals surface area contributed by atoms with Crippen LogP contribution in [0.2, 0.25) is 0 Å². The van der Waals surface area contributed by atoms with Gasteiger partial charge in [0.05, 0.1) is 12.8 Å². The molecule has 1 heterocycles. The third kappa shape index (κ3) is 5.11. The molecule has 1 N–H and O–H groups in total. The van der Waals surface area contributed by atoms with Crippen LogP contribution in [0.25, 0.3) is 0 Å². The average Bonchev–Trinajstić information content (AvgIpc) is 2.81. The Morgan fingerprint density at radius 1 is 1.26 bits per heavy atom. The van der Waals surface area contributed by atoms with Gasteiger partial charge >= 0.3 is 0 Å². The number of ether oxygens (including phenoxy) is 2. The lowest BCUT2D eigenvalue weighted by atomic mass is 10.1. The molecule has 0 saturated heterocycles. The zero-order chi connectivity index (χ0) is 17.3. The zero-order valence-electron chi connectivity index (χ0n) is 13.8. The summed E-state index contributed by atoms with van der Waals surface area (Å²) >= 11 is 0. The maximum atomic E-state index is 12.0. The van der Waals surface area contributed by atoms with Crippen LogP contribution in [0.3, 0.4) is 0 Å². The van der Waals surface area contributed by atoms with Gasteiger partial charge in [-0.3, -0.25) is 4.79 Å². The molecule has 0 radical (unpaired) electrons. The summed E-state index contributed by atoms with van der Waals surface area (Å²) in [7, 11) is -3.53. The van der Waals surface area contributed by atoms with Crippen molar-refractivity contribution in [1.29, 1.82) is 0 Å². The lowest BCUT2D eigenvalue weighted by Crippen LogP contribution is -2.46. The Kier molecular flexibility index (Phi) is 4.86. The number of nitrogens with zero attached hydrogens (tertiary/aromatic N) is 1. The molecule has 2 rings (SSSR count). The van der Waals surface area contributed by atoms with Gasteiger partial charge < -0.3 is 14.8 Å². The van der Waals surface area contributed by atoms with Crippen molar-refractivity contribution in [1.82, 2.24) is 9.62 Å². The SMILES string of the molecule is CC(C)(C)NC(=O)CN(Cc1ccc2c(c1)OCO2)S(C)(=O)=O. The van der Waals surface area contributed by atoms with E-state index in [4.69, 9.17) is 9.47 Å². The first kappa shape index (κ1) is 17.6. The third-order valence-corrected chi connectivity index (χ3v) is 4.30. The van der Waals surface area contributed by atoms with Crippen LogP contribution in [-0.4, -0.2) is 43.8 Å². The van der Waals surface area contributed by atoms with Gasteiger partial charge in [-0.15, -0.1) is 0 Å². The summed E-state index contributed by atoms with van der Waals surface area (Å²) in [6, 6.07) is 5.21. The first-order valence-corrected chi connectivity index (χ1v) is 9.04. The Morgan fingerprint density at radius 3 is 2.52 bits per heavy atom. The highest BCUT2D eigenvalue weighted by atomic mass is 32.2. The van der Waals surface area contributed by atoms with E-state index in [1.54, 1.807) is 18.2 Å². The lowest BCUT2D eigenvalue weighted by Gasteiger charge is -2.24. The van der Waals surface area contributed by atoms with E-state index in [2.05, 4.69) is 5.32 Å². The molecule has 0 fully saturated rings. The fourth-order valence-corrected chi connectivity index (χ4v) is 2.89. The Balaban J connectivity index is 2.12. The molecule has 0 atom stereocenters. The Labute approximate surface area is 136 Å². The van der Waals surface area contributed by atoms with E-state index in [0.717, 1.165) is 16.1 Å². The van der Waals surface area contributed by atoms with E-state index >= 15 is 0 Å². The Bertz CT molecular complexity index is 694. The molecule has 0 aromatic heterocycles. The highest BCUT2D eigenvalue weighted by Gasteiger charge is 2.24. The standard InChI is InChI=1S/C15H22N2O5S/c1-15(2,3)16-14(18)9-17(23(4,19)20)8-11-5-6-12-13(7-11)22-10-21-12/h5-7H,8-10H2,1-4H3,(H,16,18). The smallest absolute Gasteiger partial charge is 0.235 e. The van der Waals surface area contributed by atoms with Gasteiger partial charge in [-0.1, -0.05) is 6.07 Å². The summed E-state index contributed by atoms with van der Waals surface area (Å²) in [4.78, 5) is 12.0. The number of benzene rings is 1. The quantitative estimate of drug-likeness (QED) is 0.866. The molecule has 8 heteroatoms. The van der Waals surface area contributed by atoms with Gasteiger partial charge in [0.2, 0.25) is 22.7 Å². The molecule has 0 unspecified atom stereocenters. The Morgan fingerprint density at radius 2 is 1.91 bits per heavy atom. The van der Waals surface area contributed by atoms with E-state index in [1.165, 1.54) is 0 Å². The largest absolute Gasteiger partial charge is 0.454 e. The van der Waals surface area contributed by atoms with E-state index in [9.17, 15) is 13.2 Å². The summed E-state index contributed by atoms with van der Waals surface area (Å²) in [5.41, 5.74) is 0.308. The van der Waals surface area contributed by atoms with Crippen molar-refractivity contribution in [3.05, 3.63) is 23.8 Å². The highest BCUT2D eigenvalue weighted by Crippen LogP contribution is 2.32. The van der Waals surface area contributed by atoms with E-state index in [0.29, 0.717) is 11.5 Å². The number of amides is 1. The summed E-state index contributed by atoms with van der Waals surface area (Å²) in [5.74, 6) is 0.865. The molecule has 1 aromatic carbocycles. The molecule has 128 valence electrons. The fourth-order valence-electron chi connectivity index (χ4n) is 2.15. The van der Waals surface area contributed by atoms with Crippen LogP contribution in [0.4, 0.5) is 0 Å². The van der Waals surface area contributed by atoms with Gasteiger partial charge in [0, 0.05) is 12.1 Å². The minimum Gasteiger partial charge on any atom is -0.454 e. The first-order chi connectivity index (χ1) is 10.5. The predicted molar refractivity (Wildman–Crippen MR) is 85.7 cm³/mol. The van der Waals surface area contributed by atoms with Crippen LogP contribution < -0.4 is 14.8 Å². The predicted octanol–water partition coefficient (Wildman–Crippen LogP) is 1.09. The molecule has 1 aliphatic heterocycles. The molecule has 23 heavy (non-hydrogen) atoms. The van der Waals surface area contributed by atoms with Crippen LogP contribution in [0.1, 0.15) is 26.3 Å². The maximum Gasteiger partial charge on any atom is 0.235 e. The number of carbonyl (C=O) groups is 1. The molecule has 0 bridgehead atoms. The first-order valence-electron chi connectivity index (χ1n) is 7.19. The summed E-state index contributed by atoms with van der Waals surface area (Å²) in [6.45, 7) is 5.54. The van der Waals surface area contributed by atoms with Crippen molar-refractivity contribution in [3.8, 4) is 11.5 Å². The number of fused-ring (bicyclic) bond motifs is 1. The maximum absolute atomic E-state index is 12.0. The van der Waals surface area contributed by atoms with Crippen LogP contribution in [0.5, 0.6) is 11.5 Å². The summed E-state index contributed by atoms with van der Waals surface area (Å²) < 4.78 is 35.6. The van der Waals surface area contributed by atoms with Gasteiger partial charge in [-0.2, -0.15) is 4.31 Å². The number of rotatable bonds is 5.